The molecule has 182 valence electrons. The summed E-state index contributed by atoms with van der Waals surface area (Å²) in [6, 6.07) is 23.0. The molecular weight excluding hydrogens is 446 g/mol. The lowest BCUT2D eigenvalue weighted by Gasteiger charge is -2.40. The van der Waals surface area contributed by atoms with Gasteiger partial charge in [0.2, 0.25) is 5.91 Å². The van der Waals surface area contributed by atoms with Gasteiger partial charge >= 0.3 is 0 Å². The van der Waals surface area contributed by atoms with E-state index in [4.69, 9.17) is 4.74 Å². The van der Waals surface area contributed by atoms with Crippen molar-refractivity contribution < 1.29 is 18.3 Å². The van der Waals surface area contributed by atoms with Crippen LogP contribution >= 0.6 is 0 Å². The van der Waals surface area contributed by atoms with E-state index in [9.17, 15) is 13.6 Å². The number of hydrogen-bond donors (Lipinski definition) is 1. The van der Waals surface area contributed by atoms with Crippen LogP contribution in [-0.2, 0) is 9.53 Å². The lowest BCUT2D eigenvalue weighted by Crippen LogP contribution is -2.46. The van der Waals surface area contributed by atoms with E-state index in [1.54, 1.807) is 24.3 Å². The molecule has 2 aliphatic heterocycles. The fraction of sp³-hybridized carbons (Fsp3) is 0.345. The van der Waals surface area contributed by atoms with Crippen molar-refractivity contribution in [2.24, 2.45) is 0 Å². The SMILES string of the molecule is O=C(CCN1[C@@H]2CC[C@H]1CC(OC(c1ccc(F)cc1)c1ccc(F)cc1)C2)Nc1ccccc1. The van der Waals surface area contributed by atoms with Crippen LogP contribution in [0.25, 0.3) is 0 Å². The van der Waals surface area contributed by atoms with Crippen LogP contribution in [0.5, 0.6) is 0 Å². The van der Waals surface area contributed by atoms with Gasteiger partial charge in [0, 0.05) is 30.7 Å². The predicted molar refractivity (Wildman–Crippen MR) is 132 cm³/mol. The molecule has 5 rings (SSSR count). The number of piperidine rings is 1. The van der Waals surface area contributed by atoms with Gasteiger partial charge in [-0.15, -0.1) is 0 Å². The molecule has 0 aromatic heterocycles. The number of carbonyl (C=O) groups is 1. The quantitative estimate of drug-likeness (QED) is 0.427. The summed E-state index contributed by atoms with van der Waals surface area (Å²) in [7, 11) is 0. The maximum absolute atomic E-state index is 13.5. The van der Waals surface area contributed by atoms with Gasteiger partial charge in [-0.05, 0) is 73.2 Å². The third-order valence-corrected chi connectivity index (χ3v) is 7.17. The van der Waals surface area contributed by atoms with E-state index in [0.717, 1.165) is 49.0 Å². The molecule has 1 N–H and O–H groups in total. The standard InChI is InChI=1S/C29H30F2N2O2/c30-22-10-6-20(7-11-22)29(21-8-12-23(31)13-9-21)35-27-18-25-14-15-26(19-27)33(25)17-16-28(34)32-24-4-2-1-3-5-24/h1-13,25-27,29H,14-19H2,(H,32,34)/t25-,26+,27?. The highest BCUT2D eigenvalue weighted by Crippen LogP contribution is 2.39. The summed E-state index contributed by atoms with van der Waals surface area (Å²) >= 11 is 0. The zero-order chi connectivity index (χ0) is 24.2. The maximum atomic E-state index is 13.5. The average Bonchev–Trinajstić information content (AvgIpc) is 3.10. The zero-order valence-electron chi connectivity index (χ0n) is 19.6. The van der Waals surface area contributed by atoms with Crippen LogP contribution in [0.15, 0.2) is 78.9 Å². The Hall–Kier alpha value is -3.09. The van der Waals surface area contributed by atoms with Crippen molar-refractivity contribution in [3.05, 3.63) is 102 Å². The number of nitrogens with one attached hydrogen (secondary N) is 1. The van der Waals surface area contributed by atoms with Crippen molar-refractivity contribution in [2.75, 3.05) is 11.9 Å². The van der Waals surface area contributed by atoms with Gasteiger partial charge in [0.1, 0.15) is 17.7 Å². The summed E-state index contributed by atoms with van der Waals surface area (Å²) in [5, 5.41) is 2.97. The molecule has 35 heavy (non-hydrogen) atoms. The molecule has 1 unspecified atom stereocenters. The Morgan fingerprint density at radius 2 is 1.40 bits per heavy atom. The number of hydrogen-bond acceptors (Lipinski definition) is 3. The highest BCUT2D eigenvalue weighted by Gasteiger charge is 2.41. The minimum absolute atomic E-state index is 0.0293. The summed E-state index contributed by atoms with van der Waals surface area (Å²) in [6.45, 7) is 0.736. The van der Waals surface area contributed by atoms with Gasteiger partial charge in [-0.25, -0.2) is 8.78 Å². The Kier molecular flexibility index (Phi) is 7.21. The number of benzene rings is 3. The number of amides is 1. The summed E-state index contributed by atoms with van der Waals surface area (Å²) in [5.74, 6) is -0.565. The number of fused-ring (bicyclic) bond motifs is 2. The van der Waals surface area contributed by atoms with Crippen LogP contribution in [-0.4, -0.2) is 35.5 Å². The summed E-state index contributed by atoms with van der Waals surface area (Å²) in [4.78, 5) is 14.9. The Labute approximate surface area is 204 Å². The van der Waals surface area contributed by atoms with Gasteiger partial charge < -0.3 is 10.1 Å². The number of ether oxygens (including phenoxy) is 1. The van der Waals surface area contributed by atoms with Gasteiger partial charge in [0.05, 0.1) is 6.10 Å². The van der Waals surface area contributed by atoms with Crippen molar-refractivity contribution in [1.82, 2.24) is 4.90 Å². The molecule has 4 nitrogen and oxygen atoms in total. The van der Waals surface area contributed by atoms with Crippen LogP contribution in [0.3, 0.4) is 0 Å². The molecule has 1 amide bonds. The van der Waals surface area contributed by atoms with Crippen LogP contribution < -0.4 is 5.32 Å². The predicted octanol–water partition coefficient (Wildman–Crippen LogP) is 6.10. The Balaban J connectivity index is 1.22. The van der Waals surface area contributed by atoms with Crippen molar-refractivity contribution in [2.45, 2.75) is 56.4 Å². The van der Waals surface area contributed by atoms with E-state index in [0.29, 0.717) is 18.5 Å². The molecule has 2 heterocycles. The van der Waals surface area contributed by atoms with Crippen LogP contribution in [0.2, 0.25) is 0 Å². The second-order valence-corrected chi connectivity index (χ2v) is 9.50. The van der Waals surface area contributed by atoms with E-state index < -0.39 is 0 Å². The van der Waals surface area contributed by atoms with E-state index >= 15 is 0 Å². The number of anilines is 1. The molecule has 2 fully saturated rings. The number of para-hydroxylation sites is 1. The number of carbonyl (C=O) groups excluding carboxylic acids is 1. The Morgan fingerprint density at radius 3 is 1.94 bits per heavy atom. The zero-order valence-corrected chi connectivity index (χ0v) is 19.6. The Morgan fingerprint density at radius 1 is 0.857 bits per heavy atom. The first-order chi connectivity index (χ1) is 17.0. The first-order valence-corrected chi connectivity index (χ1v) is 12.3. The fourth-order valence-corrected chi connectivity index (χ4v) is 5.49. The minimum atomic E-state index is -0.385. The van der Waals surface area contributed by atoms with Crippen LogP contribution in [0.4, 0.5) is 14.5 Å². The molecule has 3 aromatic carbocycles. The molecule has 0 saturated carbocycles. The summed E-state index contributed by atoms with van der Waals surface area (Å²) < 4.78 is 33.7. The van der Waals surface area contributed by atoms with Gasteiger partial charge in [-0.1, -0.05) is 42.5 Å². The lowest BCUT2D eigenvalue weighted by atomic mass is 9.97. The fourth-order valence-electron chi connectivity index (χ4n) is 5.49. The van der Waals surface area contributed by atoms with E-state index in [-0.39, 0.29) is 29.7 Å². The van der Waals surface area contributed by atoms with Crippen molar-refractivity contribution in [3.8, 4) is 0 Å². The number of halogens is 2. The van der Waals surface area contributed by atoms with Gasteiger partial charge in [0.15, 0.2) is 0 Å². The van der Waals surface area contributed by atoms with Gasteiger partial charge in [-0.3, -0.25) is 9.69 Å². The molecule has 0 spiro atoms. The van der Waals surface area contributed by atoms with E-state index in [2.05, 4.69) is 10.2 Å². The Bertz CT molecular complexity index is 1060. The molecule has 6 heteroatoms. The topological polar surface area (TPSA) is 41.6 Å². The molecule has 3 aromatic rings. The number of rotatable bonds is 8. The average molecular weight is 477 g/mol. The van der Waals surface area contributed by atoms with Crippen molar-refractivity contribution >= 4 is 11.6 Å². The molecule has 2 bridgehead atoms. The second-order valence-electron chi connectivity index (χ2n) is 9.50. The van der Waals surface area contributed by atoms with Gasteiger partial charge in [-0.2, -0.15) is 0 Å². The second kappa shape index (κ2) is 10.7. The molecule has 2 saturated heterocycles. The monoisotopic (exact) mass is 476 g/mol. The molecule has 0 radical (unpaired) electrons. The van der Waals surface area contributed by atoms with Crippen LogP contribution in [0, 0.1) is 11.6 Å². The summed E-state index contributed by atoms with van der Waals surface area (Å²) in [5.41, 5.74) is 2.52. The molecule has 0 aliphatic carbocycles. The smallest absolute Gasteiger partial charge is 0.225 e. The first-order valence-electron chi connectivity index (χ1n) is 12.3. The maximum Gasteiger partial charge on any atom is 0.225 e. The third-order valence-electron chi connectivity index (χ3n) is 7.17. The molecule has 3 atom stereocenters. The van der Waals surface area contributed by atoms with Gasteiger partial charge in [0.25, 0.3) is 0 Å². The normalized spacial score (nSPS) is 21.9. The molecule has 2 aliphatic rings. The van der Waals surface area contributed by atoms with E-state index in [1.165, 1.54) is 24.3 Å². The largest absolute Gasteiger partial charge is 0.365 e. The third kappa shape index (κ3) is 5.77. The minimum Gasteiger partial charge on any atom is -0.365 e. The molecular formula is C29H30F2N2O2. The lowest BCUT2D eigenvalue weighted by molar-refractivity contribution is -0.117. The van der Waals surface area contributed by atoms with Crippen LogP contribution in [0.1, 0.15) is 49.3 Å². The first kappa shape index (κ1) is 23.6. The van der Waals surface area contributed by atoms with Crippen molar-refractivity contribution in [1.29, 1.82) is 0 Å². The van der Waals surface area contributed by atoms with Crippen molar-refractivity contribution in [3.63, 3.8) is 0 Å². The summed E-state index contributed by atoms with van der Waals surface area (Å²) in [6.07, 6.45) is 4.09. The van der Waals surface area contributed by atoms with E-state index in [1.807, 2.05) is 30.3 Å². The highest BCUT2D eigenvalue weighted by molar-refractivity contribution is 5.90. The number of nitrogens with zero attached hydrogens (tertiary/aromatic N) is 1. The highest BCUT2D eigenvalue weighted by atomic mass is 19.1.